The lowest BCUT2D eigenvalue weighted by Crippen LogP contribution is -2.10. The second kappa shape index (κ2) is 6.41. The van der Waals surface area contributed by atoms with Gasteiger partial charge >= 0.3 is 0 Å². The quantitative estimate of drug-likeness (QED) is 0.555. The van der Waals surface area contributed by atoms with Crippen LogP contribution in [0.4, 0.5) is 5.69 Å². The molecule has 0 bridgehead atoms. The minimum atomic E-state index is 0.0705. The van der Waals surface area contributed by atoms with Gasteiger partial charge in [-0.3, -0.25) is 0 Å². The predicted octanol–water partition coefficient (Wildman–Crippen LogP) is 6.63. The van der Waals surface area contributed by atoms with E-state index in [9.17, 15) is 0 Å². The summed E-state index contributed by atoms with van der Waals surface area (Å²) in [6.45, 7) is 2.06. The Balaban J connectivity index is 2.01. The lowest BCUT2D eigenvalue weighted by molar-refractivity contribution is 0.989. The zero-order valence-corrected chi connectivity index (χ0v) is 14.4. The van der Waals surface area contributed by atoms with Crippen molar-refractivity contribution in [1.82, 2.24) is 0 Å². The van der Waals surface area contributed by atoms with Gasteiger partial charge in [-0.1, -0.05) is 41.4 Å². The van der Waals surface area contributed by atoms with Crippen LogP contribution < -0.4 is 5.32 Å². The molecular formula is C16H13Cl2NS2. The fraction of sp³-hybridized carbons (Fsp3) is 0.125. The maximum atomic E-state index is 6.35. The van der Waals surface area contributed by atoms with Gasteiger partial charge in [0.05, 0.1) is 21.1 Å². The van der Waals surface area contributed by atoms with Crippen molar-refractivity contribution in [2.75, 3.05) is 5.32 Å². The summed E-state index contributed by atoms with van der Waals surface area (Å²) >= 11 is 15.8. The lowest BCUT2D eigenvalue weighted by Gasteiger charge is -2.20. The zero-order valence-electron chi connectivity index (χ0n) is 11.3. The summed E-state index contributed by atoms with van der Waals surface area (Å²) in [6.07, 6.45) is 0. The van der Waals surface area contributed by atoms with Gasteiger partial charge in [0.1, 0.15) is 0 Å². The molecule has 3 aromatic rings. The van der Waals surface area contributed by atoms with Crippen LogP contribution in [0.3, 0.4) is 0 Å². The minimum Gasteiger partial charge on any atom is -0.371 e. The molecule has 0 radical (unpaired) electrons. The molecule has 0 aliphatic rings. The van der Waals surface area contributed by atoms with E-state index >= 15 is 0 Å². The molecule has 5 heteroatoms. The smallest absolute Gasteiger partial charge is 0.0954 e. The van der Waals surface area contributed by atoms with Crippen molar-refractivity contribution in [2.24, 2.45) is 0 Å². The Morgan fingerprint density at radius 1 is 1.00 bits per heavy atom. The van der Waals surface area contributed by atoms with Gasteiger partial charge in [-0.2, -0.15) is 0 Å². The predicted molar refractivity (Wildman–Crippen MR) is 95.3 cm³/mol. The van der Waals surface area contributed by atoms with E-state index in [-0.39, 0.29) is 6.04 Å². The van der Waals surface area contributed by atoms with Crippen LogP contribution in [-0.4, -0.2) is 0 Å². The maximum Gasteiger partial charge on any atom is 0.0954 e. The summed E-state index contributed by atoms with van der Waals surface area (Å²) in [7, 11) is 0. The molecule has 0 aliphatic heterocycles. The van der Waals surface area contributed by atoms with Crippen molar-refractivity contribution in [1.29, 1.82) is 0 Å². The van der Waals surface area contributed by atoms with E-state index in [1.807, 2.05) is 18.2 Å². The first-order chi connectivity index (χ1) is 10.1. The Bertz CT molecular complexity index is 714. The van der Waals surface area contributed by atoms with Crippen LogP contribution in [0.15, 0.2) is 47.8 Å². The van der Waals surface area contributed by atoms with Crippen molar-refractivity contribution >= 4 is 51.6 Å². The van der Waals surface area contributed by atoms with Gasteiger partial charge in [0.2, 0.25) is 0 Å². The molecule has 0 aliphatic carbocycles. The molecule has 1 unspecified atom stereocenters. The first-order valence-electron chi connectivity index (χ1n) is 6.45. The highest BCUT2D eigenvalue weighted by Gasteiger charge is 2.19. The normalized spacial score (nSPS) is 12.3. The zero-order chi connectivity index (χ0) is 14.8. The van der Waals surface area contributed by atoms with Crippen molar-refractivity contribution in [3.05, 3.63) is 72.5 Å². The number of hydrogen-bond acceptors (Lipinski definition) is 3. The second-order valence-electron chi connectivity index (χ2n) is 4.67. The van der Waals surface area contributed by atoms with Gasteiger partial charge in [0, 0.05) is 9.75 Å². The highest BCUT2D eigenvalue weighted by Crippen LogP contribution is 2.37. The third-order valence-corrected chi connectivity index (χ3v) is 5.76. The van der Waals surface area contributed by atoms with Crippen molar-refractivity contribution < 1.29 is 0 Å². The molecule has 3 rings (SSSR count). The summed E-state index contributed by atoms with van der Waals surface area (Å²) in [5.41, 5.74) is 2.11. The SMILES string of the molecule is Cc1cccc(Cl)c1NC(c1cccs1)c1ccc(Cl)s1. The molecule has 1 aromatic carbocycles. The topological polar surface area (TPSA) is 12.0 Å². The Labute approximate surface area is 142 Å². The van der Waals surface area contributed by atoms with Crippen LogP contribution in [0.25, 0.3) is 0 Å². The number of halogens is 2. The molecule has 0 spiro atoms. The number of nitrogens with one attached hydrogen (secondary N) is 1. The molecule has 0 saturated carbocycles. The molecule has 108 valence electrons. The molecule has 0 amide bonds. The van der Waals surface area contributed by atoms with Crippen LogP contribution >= 0.6 is 45.9 Å². The standard InChI is InChI=1S/C16H13Cl2NS2/c1-10-4-2-5-11(17)15(10)19-16(12-6-3-9-20-12)13-7-8-14(18)21-13/h2-9,16,19H,1H3. The Morgan fingerprint density at radius 2 is 1.86 bits per heavy atom. The third kappa shape index (κ3) is 3.27. The number of anilines is 1. The second-order valence-corrected chi connectivity index (χ2v) is 7.80. The molecule has 21 heavy (non-hydrogen) atoms. The number of aryl methyl sites for hydroxylation is 1. The number of rotatable bonds is 4. The summed E-state index contributed by atoms with van der Waals surface area (Å²) in [5, 5.41) is 6.40. The van der Waals surface area contributed by atoms with Gasteiger partial charge in [-0.15, -0.1) is 22.7 Å². The average molecular weight is 354 g/mol. The maximum absolute atomic E-state index is 6.35. The van der Waals surface area contributed by atoms with E-state index in [2.05, 4.69) is 41.9 Å². The summed E-state index contributed by atoms with van der Waals surface area (Å²) in [5.74, 6) is 0. The monoisotopic (exact) mass is 353 g/mol. The van der Waals surface area contributed by atoms with E-state index in [1.165, 1.54) is 9.75 Å². The van der Waals surface area contributed by atoms with Crippen molar-refractivity contribution in [3.8, 4) is 0 Å². The van der Waals surface area contributed by atoms with E-state index in [4.69, 9.17) is 23.2 Å². The lowest BCUT2D eigenvalue weighted by atomic mass is 10.1. The Hall–Kier alpha value is -1.000. The van der Waals surface area contributed by atoms with Gasteiger partial charge < -0.3 is 5.32 Å². The number of thiophene rings is 2. The van der Waals surface area contributed by atoms with Gasteiger partial charge in [-0.05, 0) is 42.1 Å². The third-order valence-electron chi connectivity index (χ3n) is 3.22. The first kappa shape index (κ1) is 14.9. The summed E-state index contributed by atoms with van der Waals surface area (Å²) in [4.78, 5) is 2.43. The number of hydrogen-bond donors (Lipinski definition) is 1. The Kier molecular flexibility index (Phi) is 4.55. The highest BCUT2D eigenvalue weighted by molar-refractivity contribution is 7.16. The molecular weight excluding hydrogens is 341 g/mol. The van der Waals surface area contributed by atoms with Crippen LogP contribution in [-0.2, 0) is 0 Å². The Morgan fingerprint density at radius 3 is 2.48 bits per heavy atom. The van der Waals surface area contributed by atoms with Gasteiger partial charge in [0.25, 0.3) is 0 Å². The molecule has 2 aromatic heterocycles. The molecule has 2 heterocycles. The largest absolute Gasteiger partial charge is 0.371 e. The van der Waals surface area contributed by atoms with Crippen LogP contribution in [0.1, 0.15) is 21.4 Å². The van der Waals surface area contributed by atoms with E-state index in [1.54, 1.807) is 22.7 Å². The van der Waals surface area contributed by atoms with Crippen molar-refractivity contribution in [2.45, 2.75) is 13.0 Å². The van der Waals surface area contributed by atoms with Crippen LogP contribution in [0.5, 0.6) is 0 Å². The highest BCUT2D eigenvalue weighted by atomic mass is 35.5. The molecule has 1 nitrogen and oxygen atoms in total. The van der Waals surface area contributed by atoms with Gasteiger partial charge in [0.15, 0.2) is 0 Å². The fourth-order valence-corrected chi connectivity index (χ4v) is 4.46. The molecule has 1 N–H and O–H groups in total. The number of para-hydroxylation sites is 1. The average Bonchev–Trinajstić information content (AvgIpc) is 3.10. The van der Waals surface area contributed by atoms with Crippen LogP contribution in [0.2, 0.25) is 9.36 Å². The summed E-state index contributed by atoms with van der Waals surface area (Å²) in [6, 6.07) is 14.2. The molecule has 0 saturated heterocycles. The van der Waals surface area contributed by atoms with Gasteiger partial charge in [-0.25, -0.2) is 0 Å². The van der Waals surface area contributed by atoms with E-state index in [0.29, 0.717) is 0 Å². The number of benzene rings is 1. The van der Waals surface area contributed by atoms with E-state index in [0.717, 1.165) is 20.6 Å². The summed E-state index contributed by atoms with van der Waals surface area (Å²) < 4.78 is 0.796. The van der Waals surface area contributed by atoms with Crippen molar-refractivity contribution in [3.63, 3.8) is 0 Å². The molecule has 1 atom stereocenters. The fourth-order valence-electron chi connectivity index (χ4n) is 2.18. The van der Waals surface area contributed by atoms with E-state index < -0.39 is 0 Å². The van der Waals surface area contributed by atoms with Crippen LogP contribution in [0, 0.1) is 6.92 Å². The minimum absolute atomic E-state index is 0.0705. The molecule has 0 fully saturated rings. The first-order valence-corrected chi connectivity index (χ1v) is 8.90.